The normalized spacial score (nSPS) is 24.6. The molecule has 1 fully saturated rings. The molecule has 29 heavy (non-hydrogen) atoms. The van der Waals surface area contributed by atoms with Gasteiger partial charge in [0.05, 0.1) is 12.2 Å². The highest BCUT2D eigenvalue weighted by Gasteiger charge is 2.38. The first-order valence-electron chi connectivity index (χ1n) is 9.69. The van der Waals surface area contributed by atoms with E-state index in [0.717, 1.165) is 18.4 Å². The molecule has 0 aliphatic heterocycles. The number of hydrogen-bond donors (Lipinski definition) is 3. The number of benzene rings is 1. The van der Waals surface area contributed by atoms with Gasteiger partial charge in [0.15, 0.2) is 0 Å². The van der Waals surface area contributed by atoms with E-state index in [2.05, 4.69) is 6.07 Å². The van der Waals surface area contributed by atoms with Crippen LogP contribution in [0.25, 0.3) is 6.08 Å². The van der Waals surface area contributed by atoms with E-state index in [-0.39, 0.29) is 11.9 Å². The minimum absolute atomic E-state index is 0.144. The largest absolute Gasteiger partial charge is 0.508 e. The molecular weight excluding hydrogens is 392 g/mol. The van der Waals surface area contributed by atoms with E-state index in [1.807, 2.05) is 11.4 Å². The smallest absolute Gasteiger partial charge is 0.331 e. The summed E-state index contributed by atoms with van der Waals surface area (Å²) in [5.74, 6) is -0.460. The molecule has 1 heterocycles. The zero-order chi connectivity index (χ0) is 20.6. The number of phenols is 1. The van der Waals surface area contributed by atoms with Gasteiger partial charge in [0.2, 0.25) is 0 Å². The average molecular weight is 419 g/mol. The highest BCUT2D eigenvalue weighted by atomic mass is 32.1. The molecule has 2 aromatic rings. The number of phenolic OH excluding ortho intramolecular Hbond substituents is 1. The topological polar surface area (TPSA) is 96.2 Å². The number of carbonyl (C=O) groups excluding carboxylic acids is 1. The van der Waals surface area contributed by atoms with E-state index in [1.54, 1.807) is 29.5 Å². The van der Waals surface area contributed by atoms with Crippen molar-refractivity contribution >= 4 is 23.4 Å². The van der Waals surface area contributed by atoms with Gasteiger partial charge in [0.1, 0.15) is 18.0 Å². The zero-order valence-corrected chi connectivity index (χ0v) is 16.8. The predicted octanol–water partition coefficient (Wildman–Crippen LogP) is 2.91. The van der Waals surface area contributed by atoms with Crippen molar-refractivity contribution < 1.29 is 29.6 Å². The number of ether oxygens (including phenoxy) is 2. The monoisotopic (exact) mass is 418 g/mol. The fourth-order valence-corrected chi connectivity index (χ4v) is 4.05. The lowest BCUT2D eigenvalue weighted by atomic mass is 9.89. The Kier molecular flexibility index (Phi) is 7.83. The van der Waals surface area contributed by atoms with Crippen molar-refractivity contribution in [3.63, 3.8) is 0 Å². The van der Waals surface area contributed by atoms with Gasteiger partial charge < -0.3 is 24.8 Å². The SMILES string of the molecule is O=C(/C=C/c1ccc(O)cc1)O[C@@H]1C[C@@H](OCCCc2cccs2)C[C@H](O)[C@H]1O. The van der Waals surface area contributed by atoms with E-state index < -0.39 is 24.3 Å². The van der Waals surface area contributed by atoms with Gasteiger partial charge in [-0.3, -0.25) is 0 Å². The summed E-state index contributed by atoms with van der Waals surface area (Å²) in [5, 5.41) is 31.6. The molecule has 3 N–H and O–H groups in total. The molecule has 1 aromatic heterocycles. The second-order valence-electron chi connectivity index (χ2n) is 7.11. The van der Waals surface area contributed by atoms with Crippen molar-refractivity contribution in [3.8, 4) is 5.75 Å². The zero-order valence-electron chi connectivity index (χ0n) is 16.0. The maximum Gasteiger partial charge on any atom is 0.331 e. The Morgan fingerprint density at radius 1 is 1.17 bits per heavy atom. The van der Waals surface area contributed by atoms with E-state index >= 15 is 0 Å². The van der Waals surface area contributed by atoms with Gasteiger partial charge in [-0.1, -0.05) is 18.2 Å². The second-order valence-corrected chi connectivity index (χ2v) is 8.14. The number of aliphatic hydroxyl groups is 2. The van der Waals surface area contributed by atoms with Gasteiger partial charge in [-0.15, -0.1) is 11.3 Å². The Morgan fingerprint density at radius 3 is 2.69 bits per heavy atom. The molecule has 0 amide bonds. The number of esters is 1. The molecule has 156 valence electrons. The van der Waals surface area contributed by atoms with E-state index in [0.29, 0.717) is 19.4 Å². The van der Waals surface area contributed by atoms with Gasteiger partial charge >= 0.3 is 5.97 Å². The molecule has 0 spiro atoms. The summed E-state index contributed by atoms with van der Waals surface area (Å²) in [6.07, 6.45) is 2.08. The molecule has 1 aliphatic rings. The van der Waals surface area contributed by atoms with Crippen LogP contribution in [0.3, 0.4) is 0 Å². The summed E-state index contributed by atoms with van der Waals surface area (Å²) in [7, 11) is 0. The van der Waals surface area contributed by atoms with Gasteiger partial charge in [-0.05, 0) is 48.1 Å². The Balaban J connectivity index is 1.46. The Hall–Kier alpha value is -2.19. The lowest BCUT2D eigenvalue weighted by Crippen LogP contribution is -2.48. The van der Waals surface area contributed by atoms with Crippen molar-refractivity contribution in [1.82, 2.24) is 0 Å². The van der Waals surface area contributed by atoms with Gasteiger partial charge in [0.25, 0.3) is 0 Å². The van der Waals surface area contributed by atoms with Crippen molar-refractivity contribution in [3.05, 3.63) is 58.3 Å². The fraction of sp³-hybridized carbons (Fsp3) is 0.409. The van der Waals surface area contributed by atoms with Gasteiger partial charge in [-0.2, -0.15) is 0 Å². The first-order chi connectivity index (χ1) is 14.0. The Labute approximate surface area is 174 Å². The lowest BCUT2D eigenvalue weighted by Gasteiger charge is -2.36. The standard InChI is InChI=1S/C22H26O6S/c23-16-8-5-15(6-9-16)7-10-21(25)28-20-14-17(13-19(24)22(20)26)27-11-1-3-18-4-2-12-29-18/h2,4-10,12,17,19-20,22-24,26H,1,3,11,13-14H2/b10-7+/t17-,19-,20+,22+/m0/s1. The van der Waals surface area contributed by atoms with Crippen molar-refractivity contribution in [2.75, 3.05) is 6.61 Å². The highest BCUT2D eigenvalue weighted by molar-refractivity contribution is 7.09. The van der Waals surface area contributed by atoms with E-state index in [9.17, 15) is 20.1 Å². The summed E-state index contributed by atoms with van der Waals surface area (Å²) in [6.45, 7) is 0.548. The first kappa shape index (κ1) is 21.5. The molecule has 0 saturated heterocycles. The van der Waals surface area contributed by atoms with Crippen LogP contribution in [0.1, 0.15) is 29.7 Å². The van der Waals surface area contributed by atoms with Crippen molar-refractivity contribution in [2.24, 2.45) is 0 Å². The fourth-order valence-electron chi connectivity index (χ4n) is 3.29. The molecule has 1 aliphatic carbocycles. The summed E-state index contributed by atoms with van der Waals surface area (Å²) in [5.41, 5.74) is 0.732. The summed E-state index contributed by atoms with van der Waals surface area (Å²) in [4.78, 5) is 13.4. The second kappa shape index (κ2) is 10.5. The number of carbonyl (C=O) groups is 1. The van der Waals surface area contributed by atoms with Crippen LogP contribution in [-0.2, 0) is 20.7 Å². The maximum absolute atomic E-state index is 12.1. The lowest BCUT2D eigenvalue weighted by molar-refractivity contribution is -0.170. The van der Waals surface area contributed by atoms with Crippen LogP contribution in [-0.4, -0.2) is 52.3 Å². The Bertz CT molecular complexity index is 786. The number of aromatic hydroxyl groups is 1. The van der Waals surface area contributed by atoms with Crippen LogP contribution in [0.15, 0.2) is 47.9 Å². The summed E-state index contributed by atoms with van der Waals surface area (Å²) >= 11 is 1.72. The summed E-state index contributed by atoms with van der Waals surface area (Å²) in [6, 6.07) is 10.5. The van der Waals surface area contributed by atoms with E-state index in [4.69, 9.17) is 9.47 Å². The molecule has 0 unspecified atom stereocenters. The first-order valence-corrected chi connectivity index (χ1v) is 10.6. The van der Waals surface area contributed by atoms with Crippen LogP contribution in [0, 0.1) is 0 Å². The molecule has 1 aromatic carbocycles. The summed E-state index contributed by atoms with van der Waals surface area (Å²) < 4.78 is 11.2. The maximum atomic E-state index is 12.1. The molecule has 3 rings (SSSR count). The van der Waals surface area contributed by atoms with Crippen LogP contribution in [0.4, 0.5) is 0 Å². The quantitative estimate of drug-likeness (QED) is 0.347. The molecule has 4 atom stereocenters. The van der Waals surface area contributed by atoms with E-state index in [1.165, 1.54) is 23.1 Å². The number of thiophene rings is 1. The number of aliphatic hydroxyl groups excluding tert-OH is 2. The van der Waals surface area contributed by atoms with Gasteiger partial charge in [0, 0.05) is 30.4 Å². The van der Waals surface area contributed by atoms with Crippen LogP contribution in [0.2, 0.25) is 0 Å². The van der Waals surface area contributed by atoms with Crippen molar-refractivity contribution in [2.45, 2.75) is 50.1 Å². The minimum Gasteiger partial charge on any atom is -0.508 e. The van der Waals surface area contributed by atoms with Crippen molar-refractivity contribution in [1.29, 1.82) is 0 Å². The molecule has 0 bridgehead atoms. The third-order valence-corrected chi connectivity index (χ3v) is 5.78. The van der Waals surface area contributed by atoms with Crippen LogP contribution in [0.5, 0.6) is 5.75 Å². The number of rotatable bonds is 8. The number of aryl methyl sites for hydroxylation is 1. The minimum atomic E-state index is -1.13. The third-order valence-electron chi connectivity index (χ3n) is 4.85. The molecule has 7 heteroatoms. The predicted molar refractivity (Wildman–Crippen MR) is 111 cm³/mol. The average Bonchev–Trinajstić information content (AvgIpc) is 3.22. The highest BCUT2D eigenvalue weighted by Crippen LogP contribution is 2.25. The molecule has 0 radical (unpaired) electrons. The third kappa shape index (κ3) is 6.68. The molecule has 1 saturated carbocycles. The molecule has 6 nitrogen and oxygen atoms in total. The molecular formula is C22H26O6S. The van der Waals surface area contributed by atoms with Crippen LogP contribution < -0.4 is 0 Å². The Morgan fingerprint density at radius 2 is 1.97 bits per heavy atom. The number of hydrogen-bond acceptors (Lipinski definition) is 7. The van der Waals surface area contributed by atoms with Crippen LogP contribution >= 0.6 is 11.3 Å². The van der Waals surface area contributed by atoms with Gasteiger partial charge in [-0.25, -0.2) is 4.79 Å².